The molecule has 106 valence electrons. The highest BCUT2D eigenvalue weighted by Crippen LogP contribution is 2.30. The number of benzene rings is 2. The fourth-order valence-electron chi connectivity index (χ4n) is 2.19. The minimum absolute atomic E-state index is 0.144. The quantitative estimate of drug-likeness (QED) is 0.477. The smallest absolute Gasteiger partial charge is 0.0554 e. The third kappa shape index (κ3) is 4.09. The zero-order chi connectivity index (χ0) is 14.5. The van der Waals surface area contributed by atoms with Crippen molar-refractivity contribution in [2.24, 2.45) is 5.84 Å². The van der Waals surface area contributed by atoms with E-state index in [1.165, 1.54) is 21.6 Å². The molecule has 0 bridgehead atoms. The Bertz CT molecular complexity index is 566. The molecule has 0 fully saturated rings. The van der Waals surface area contributed by atoms with Gasteiger partial charge in [-0.3, -0.25) is 11.3 Å². The predicted octanol–water partition coefficient (Wildman–Crippen LogP) is 4.36. The van der Waals surface area contributed by atoms with Crippen LogP contribution in [0, 0.1) is 13.8 Å². The van der Waals surface area contributed by atoms with Gasteiger partial charge in [0.25, 0.3) is 0 Å². The van der Waals surface area contributed by atoms with Gasteiger partial charge in [-0.2, -0.15) is 0 Å². The van der Waals surface area contributed by atoms with Gasteiger partial charge in [0.2, 0.25) is 0 Å². The van der Waals surface area contributed by atoms with Gasteiger partial charge in [0, 0.05) is 15.1 Å². The van der Waals surface area contributed by atoms with Crippen molar-refractivity contribution in [3.8, 4) is 0 Å². The number of hydrogen-bond acceptors (Lipinski definition) is 3. The van der Waals surface area contributed by atoms with Gasteiger partial charge < -0.3 is 0 Å². The summed E-state index contributed by atoms with van der Waals surface area (Å²) in [5, 5.41) is 0. The summed E-state index contributed by atoms with van der Waals surface area (Å²) in [7, 11) is 0. The zero-order valence-electron chi connectivity index (χ0n) is 11.7. The van der Waals surface area contributed by atoms with Gasteiger partial charge in [0.1, 0.15) is 0 Å². The molecular formula is C16H19BrN2S. The van der Waals surface area contributed by atoms with Crippen LogP contribution in [0.5, 0.6) is 0 Å². The van der Waals surface area contributed by atoms with Crippen LogP contribution in [0.1, 0.15) is 22.7 Å². The minimum Gasteiger partial charge on any atom is -0.271 e. The maximum Gasteiger partial charge on any atom is 0.0554 e. The van der Waals surface area contributed by atoms with Gasteiger partial charge in [-0.15, -0.1) is 11.8 Å². The minimum atomic E-state index is 0.144. The molecule has 1 atom stereocenters. The molecule has 0 aliphatic heterocycles. The average Bonchev–Trinajstić information content (AvgIpc) is 2.40. The Morgan fingerprint density at radius 2 is 1.80 bits per heavy atom. The second-order valence-electron chi connectivity index (χ2n) is 4.88. The van der Waals surface area contributed by atoms with Crippen LogP contribution in [-0.4, -0.2) is 5.75 Å². The summed E-state index contributed by atoms with van der Waals surface area (Å²) in [4.78, 5) is 1.23. The van der Waals surface area contributed by atoms with Crippen molar-refractivity contribution in [2.75, 3.05) is 5.75 Å². The van der Waals surface area contributed by atoms with Crippen molar-refractivity contribution in [3.05, 3.63) is 63.6 Å². The number of nitrogens with one attached hydrogen (secondary N) is 1. The van der Waals surface area contributed by atoms with E-state index in [0.717, 1.165) is 10.2 Å². The number of aryl methyl sites for hydroxylation is 2. The van der Waals surface area contributed by atoms with Crippen LogP contribution >= 0.6 is 27.7 Å². The van der Waals surface area contributed by atoms with Crippen LogP contribution < -0.4 is 11.3 Å². The van der Waals surface area contributed by atoms with E-state index in [9.17, 15) is 0 Å². The normalized spacial score (nSPS) is 12.4. The Morgan fingerprint density at radius 1 is 1.15 bits per heavy atom. The standard InChI is InChI=1S/C16H19BrN2S/c1-11-7-12(2)9-13(8-11)15(19-18)10-20-16-6-4-3-5-14(16)17/h3-9,15,19H,10,18H2,1-2H3. The fourth-order valence-corrected chi connectivity index (χ4v) is 3.83. The van der Waals surface area contributed by atoms with Crippen LogP contribution in [0.2, 0.25) is 0 Å². The zero-order valence-corrected chi connectivity index (χ0v) is 14.1. The molecule has 20 heavy (non-hydrogen) atoms. The Kier molecular flexibility index (Phi) is 5.66. The lowest BCUT2D eigenvalue weighted by Gasteiger charge is -2.17. The van der Waals surface area contributed by atoms with Crippen molar-refractivity contribution >= 4 is 27.7 Å². The molecule has 0 saturated carbocycles. The summed E-state index contributed by atoms with van der Waals surface area (Å²) < 4.78 is 1.13. The maximum absolute atomic E-state index is 5.73. The lowest BCUT2D eigenvalue weighted by molar-refractivity contribution is 0.610. The second-order valence-corrected chi connectivity index (χ2v) is 6.80. The molecule has 2 rings (SSSR count). The van der Waals surface area contributed by atoms with Gasteiger partial charge in [0.05, 0.1) is 6.04 Å². The molecule has 0 radical (unpaired) electrons. The Labute approximate surface area is 133 Å². The van der Waals surface area contributed by atoms with E-state index in [4.69, 9.17) is 5.84 Å². The van der Waals surface area contributed by atoms with Crippen LogP contribution in [0.15, 0.2) is 51.8 Å². The van der Waals surface area contributed by atoms with Gasteiger partial charge >= 0.3 is 0 Å². The first-order valence-electron chi connectivity index (χ1n) is 6.52. The molecular weight excluding hydrogens is 332 g/mol. The second kappa shape index (κ2) is 7.27. The number of hydrazine groups is 1. The Hall–Kier alpha value is -0.810. The van der Waals surface area contributed by atoms with Crippen molar-refractivity contribution in [2.45, 2.75) is 24.8 Å². The summed E-state index contributed by atoms with van der Waals surface area (Å²) in [6.07, 6.45) is 0. The summed E-state index contributed by atoms with van der Waals surface area (Å²) in [5.74, 6) is 6.62. The largest absolute Gasteiger partial charge is 0.271 e. The summed E-state index contributed by atoms with van der Waals surface area (Å²) in [5.41, 5.74) is 6.71. The van der Waals surface area contributed by atoms with E-state index in [1.54, 1.807) is 11.8 Å². The molecule has 0 aliphatic rings. The van der Waals surface area contributed by atoms with Crippen LogP contribution in [-0.2, 0) is 0 Å². The first kappa shape index (κ1) is 15.6. The SMILES string of the molecule is Cc1cc(C)cc(C(CSc2ccccc2Br)NN)c1. The van der Waals surface area contributed by atoms with Gasteiger partial charge in [-0.05, 0) is 47.5 Å². The van der Waals surface area contributed by atoms with Gasteiger partial charge in [0.15, 0.2) is 0 Å². The van der Waals surface area contributed by atoms with E-state index in [0.29, 0.717) is 0 Å². The molecule has 2 aromatic rings. The summed E-state index contributed by atoms with van der Waals surface area (Å²) in [6, 6.07) is 15.0. The highest BCUT2D eigenvalue weighted by Gasteiger charge is 2.12. The molecule has 2 nitrogen and oxygen atoms in total. The third-order valence-corrected chi connectivity index (χ3v) is 5.21. The Balaban J connectivity index is 2.11. The molecule has 0 heterocycles. The van der Waals surface area contributed by atoms with Crippen LogP contribution in [0.4, 0.5) is 0 Å². The molecule has 0 amide bonds. The lowest BCUT2D eigenvalue weighted by atomic mass is 10.0. The molecule has 0 spiro atoms. The van der Waals surface area contributed by atoms with Gasteiger partial charge in [-0.1, -0.05) is 41.5 Å². The molecule has 3 N–H and O–H groups in total. The number of halogens is 1. The highest BCUT2D eigenvalue weighted by molar-refractivity contribution is 9.10. The van der Waals surface area contributed by atoms with Crippen molar-refractivity contribution in [1.82, 2.24) is 5.43 Å². The number of hydrogen-bond donors (Lipinski definition) is 2. The first-order chi connectivity index (χ1) is 9.60. The Morgan fingerprint density at radius 3 is 2.40 bits per heavy atom. The number of thioether (sulfide) groups is 1. The van der Waals surface area contributed by atoms with Crippen LogP contribution in [0.3, 0.4) is 0 Å². The average molecular weight is 351 g/mol. The third-order valence-electron chi connectivity index (χ3n) is 3.09. The molecule has 2 aromatic carbocycles. The molecule has 0 aromatic heterocycles. The first-order valence-corrected chi connectivity index (χ1v) is 8.29. The van der Waals surface area contributed by atoms with E-state index in [1.807, 2.05) is 6.07 Å². The monoisotopic (exact) mass is 350 g/mol. The fraction of sp³-hybridized carbons (Fsp3) is 0.250. The van der Waals surface area contributed by atoms with E-state index in [-0.39, 0.29) is 6.04 Å². The number of nitrogens with two attached hydrogens (primary N) is 1. The lowest BCUT2D eigenvalue weighted by Crippen LogP contribution is -2.29. The van der Waals surface area contributed by atoms with E-state index >= 15 is 0 Å². The summed E-state index contributed by atoms with van der Waals surface area (Å²) in [6.45, 7) is 4.23. The summed E-state index contributed by atoms with van der Waals surface area (Å²) >= 11 is 5.37. The van der Waals surface area contributed by atoms with Crippen LogP contribution in [0.25, 0.3) is 0 Å². The highest BCUT2D eigenvalue weighted by atomic mass is 79.9. The van der Waals surface area contributed by atoms with Crippen molar-refractivity contribution < 1.29 is 0 Å². The topological polar surface area (TPSA) is 38.0 Å². The molecule has 1 unspecified atom stereocenters. The predicted molar refractivity (Wildman–Crippen MR) is 90.8 cm³/mol. The molecule has 0 aliphatic carbocycles. The van der Waals surface area contributed by atoms with Crippen molar-refractivity contribution in [3.63, 3.8) is 0 Å². The van der Waals surface area contributed by atoms with Gasteiger partial charge in [-0.25, -0.2) is 0 Å². The van der Waals surface area contributed by atoms with E-state index in [2.05, 4.69) is 71.6 Å². The van der Waals surface area contributed by atoms with E-state index < -0.39 is 0 Å². The molecule has 4 heteroatoms. The maximum atomic E-state index is 5.73. The number of rotatable bonds is 5. The molecule has 0 saturated heterocycles. The van der Waals surface area contributed by atoms with Crippen molar-refractivity contribution in [1.29, 1.82) is 0 Å².